The first-order valence-corrected chi connectivity index (χ1v) is 8.82. The van der Waals surface area contributed by atoms with Gasteiger partial charge in [0.2, 0.25) is 0 Å². The molecule has 1 aliphatic rings. The fraction of sp³-hybridized carbons (Fsp3) is 0.429. The van der Waals surface area contributed by atoms with Crippen molar-refractivity contribution in [1.29, 1.82) is 4.78 Å². The van der Waals surface area contributed by atoms with Crippen LogP contribution in [0.15, 0.2) is 6.20 Å². The number of fused-ring (bicyclic) bond motifs is 1. The second-order valence-electron chi connectivity index (χ2n) is 2.90. The number of aromatic nitrogens is 2. The third kappa shape index (κ3) is 1.83. The van der Waals surface area contributed by atoms with E-state index in [1.54, 1.807) is 6.20 Å². The Labute approximate surface area is 87.4 Å². The number of hydrogen-bond acceptors (Lipinski definition) is 4. The molecule has 72 valence electrons. The van der Waals surface area contributed by atoms with Gasteiger partial charge < -0.3 is 0 Å². The van der Waals surface area contributed by atoms with E-state index < -0.39 is 9.73 Å². The van der Waals surface area contributed by atoms with E-state index in [0.717, 1.165) is 15.1 Å². The van der Waals surface area contributed by atoms with Gasteiger partial charge in [0, 0.05) is 0 Å². The van der Waals surface area contributed by atoms with Crippen molar-refractivity contribution in [2.45, 2.75) is 11.5 Å². The number of halogens is 1. The molecule has 0 radical (unpaired) electrons. The minimum absolute atomic E-state index is 0.106. The van der Waals surface area contributed by atoms with E-state index in [1.807, 2.05) is 0 Å². The third-order valence-corrected chi connectivity index (χ3v) is 4.85. The molecule has 1 aliphatic heterocycles. The molecule has 1 aromatic heterocycles. The molecule has 0 fully saturated rings. The quantitative estimate of drug-likeness (QED) is 0.352. The van der Waals surface area contributed by atoms with Crippen LogP contribution in [0.5, 0.6) is 0 Å². The van der Waals surface area contributed by atoms with Crippen molar-refractivity contribution in [3.05, 3.63) is 21.3 Å². The molecule has 0 aromatic carbocycles. The van der Waals surface area contributed by atoms with E-state index in [9.17, 15) is 4.21 Å². The van der Waals surface area contributed by atoms with Crippen LogP contribution in [0.4, 0.5) is 0 Å². The van der Waals surface area contributed by atoms with Gasteiger partial charge in [-0.2, -0.15) is 0 Å². The van der Waals surface area contributed by atoms with Gasteiger partial charge in [-0.05, 0) is 0 Å². The summed E-state index contributed by atoms with van der Waals surface area (Å²) in [6, 6.07) is 0. The molecule has 6 heteroatoms. The molecule has 2 rings (SSSR count). The first-order chi connectivity index (χ1) is 6.11. The van der Waals surface area contributed by atoms with Gasteiger partial charge in [-0.1, -0.05) is 0 Å². The molecule has 2 heterocycles. The summed E-state index contributed by atoms with van der Waals surface area (Å²) in [5.74, 6) is 0.659. The Morgan fingerprint density at radius 2 is 2.38 bits per heavy atom. The Morgan fingerprint density at radius 1 is 1.62 bits per heavy atom. The van der Waals surface area contributed by atoms with Gasteiger partial charge in [0.1, 0.15) is 0 Å². The van der Waals surface area contributed by atoms with Gasteiger partial charge in [0.05, 0.1) is 0 Å². The van der Waals surface area contributed by atoms with Crippen LogP contribution in [-0.4, -0.2) is 19.1 Å². The van der Waals surface area contributed by atoms with Gasteiger partial charge in [-0.25, -0.2) is 0 Å². The zero-order valence-corrected chi connectivity index (χ0v) is 10.1. The van der Waals surface area contributed by atoms with E-state index >= 15 is 0 Å². The predicted molar refractivity (Wildman–Crippen MR) is 44.9 cm³/mol. The summed E-state index contributed by atoms with van der Waals surface area (Å²) in [6.07, 6.45) is 1.74. The monoisotopic (exact) mass is 310 g/mol. The molecule has 0 spiro atoms. The van der Waals surface area contributed by atoms with Crippen LogP contribution in [0.3, 0.4) is 0 Å². The first kappa shape index (κ1) is 9.32. The normalized spacial score (nSPS) is 26.2. The molecule has 0 saturated heterocycles. The molecule has 0 aliphatic carbocycles. The second-order valence-corrected chi connectivity index (χ2v) is 7.15. The molecular formula is C7H9IN3OS-. The van der Waals surface area contributed by atoms with Crippen molar-refractivity contribution in [3.63, 3.8) is 0 Å². The zero-order valence-electron chi connectivity index (χ0n) is 7.08. The molecule has 0 saturated carbocycles. The van der Waals surface area contributed by atoms with Gasteiger partial charge in [0.25, 0.3) is 0 Å². The third-order valence-electron chi connectivity index (χ3n) is 1.85. The number of alkyl halides is 1. The fourth-order valence-corrected chi connectivity index (χ4v) is 3.76. The van der Waals surface area contributed by atoms with Crippen molar-refractivity contribution in [3.8, 4) is 0 Å². The molecule has 0 amide bonds. The van der Waals surface area contributed by atoms with Crippen LogP contribution in [0, 0.1) is 8.61 Å². The SMILES string of the molecule is C[I-]c1ncc2c(n1)CS(=N)(=O)C2. The van der Waals surface area contributed by atoms with Gasteiger partial charge in [0.15, 0.2) is 0 Å². The Hall–Kier alpha value is -0.240. The van der Waals surface area contributed by atoms with Crippen LogP contribution in [0.25, 0.3) is 0 Å². The summed E-state index contributed by atoms with van der Waals surface area (Å²) in [5.41, 5.74) is 1.74. The first-order valence-electron chi connectivity index (χ1n) is 3.69. The van der Waals surface area contributed by atoms with Gasteiger partial charge in [-0.15, -0.1) is 0 Å². The fourth-order valence-electron chi connectivity index (χ4n) is 1.28. The van der Waals surface area contributed by atoms with E-state index in [4.69, 9.17) is 4.78 Å². The van der Waals surface area contributed by atoms with Crippen molar-refractivity contribution < 1.29 is 25.4 Å². The maximum atomic E-state index is 11.5. The summed E-state index contributed by atoms with van der Waals surface area (Å²) in [7, 11) is -2.42. The molecule has 0 bridgehead atoms. The number of rotatable bonds is 1. The van der Waals surface area contributed by atoms with E-state index in [2.05, 4.69) is 14.9 Å². The van der Waals surface area contributed by atoms with Crippen LogP contribution in [0.2, 0.25) is 0 Å². The van der Waals surface area contributed by atoms with Crippen molar-refractivity contribution in [2.75, 3.05) is 4.93 Å². The standard InChI is InChI=1S/C7H9IN3OS/c1-8-7-10-2-5-3-13(9,12)4-6(5)11-7/h2,9H,3-4H2,1H3/q-1. The number of nitrogens with zero attached hydrogens (tertiary/aromatic N) is 2. The summed E-state index contributed by atoms with van der Waals surface area (Å²) in [6.45, 7) is 0. The average Bonchev–Trinajstić information content (AvgIpc) is 2.36. The second kappa shape index (κ2) is 3.16. The summed E-state index contributed by atoms with van der Waals surface area (Å²) in [5, 5.41) is 0. The van der Waals surface area contributed by atoms with Crippen LogP contribution >= 0.6 is 0 Å². The van der Waals surface area contributed by atoms with Gasteiger partial charge >= 0.3 is 87.6 Å². The van der Waals surface area contributed by atoms with Crippen molar-refractivity contribution in [1.82, 2.24) is 9.97 Å². The zero-order chi connectivity index (χ0) is 9.47. The summed E-state index contributed by atoms with van der Waals surface area (Å²) >= 11 is -0.106. The topological polar surface area (TPSA) is 66.7 Å². The van der Waals surface area contributed by atoms with E-state index in [-0.39, 0.29) is 21.2 Å². The van der Waals surface area contributed by atoms with E-state index in [0.29, 0.717) is 11.5 Å². The molecule has 13 heavy (non-hydrogen) atoms. The summed E-state index contributed by atoms with van der Waals surface area (Å²) < 4.78 is 19.8. The minimum atomic E-state index is -2.42. The molecule has 1 aromatic rings. The van der Waals surface area contributed by atoms with E-state index in [1.165, 1.54) is 0 Å². The Balaban J connectivity index is 2.47. The van der Waals surface area contributed by atoms with Crippen molar-refractivity contribution in [2.24, 2.45) is 0 Å². The molecule has 1 unspecified atom stereocenters. The Bertz CT molecular complexity index is 443. The Morgan fingerprint density at radius 3 is 3.08 bits per heavy atom. The summed E-state index contributed by atoms with van der Waals surface area (Å²) in [4.78, 5) is 10.6. The maximum absolute atomic E-state index is 11.5. The molecule has 1 atom stereocenters. The van der Waals surface area contributed by atoms with Crippen LogP contribution in [0.1, 0.15) is 11.3 Å². The average molecular weight is 310 g/mol. The van der Waals surface area contributed by atoms with Crippen LogP contribution < -0.4 is 21.2 Å². The Kier molecular flexibility index (Phi) is 2.26. The number of hydrogen-bond donors (Lipinski definition) is 1. The molecular weight excluding hydrogens is 301 g/mol. The van der Waals surface area contributed by atoms with Crippen molar-refractivity contribution >= 4 is 9.73 Å². The van der Waals surface area contributed by atoms with Gasteiger partial charge in [-0.3, -0.25) is 0 Å². The molecule has 1 N–H and O–H groups in total. The molecule has 4 nitrogen and oxygen atoms in total. The number of nitrogens with one attached hydrogen (secondary N) is 1. The predicted octanol–water partition coefficient (Wildman–Crippen LogP) is -2.57. The van der Waals surface area contributed by atoms with Crippen LogP contribution in [-0.2, 0) is 21.2 Å².